The Bertz CT molecular complexity index is 688. The van der Waals surface area contributed by atoms with E-state index >= 15 is 0 Å². The van der Waals surface area contributed by atoms with Gasteiger partial charge < -0.3 is 14.6 Å². The van der Waals surface area contributed by atoms with E-state index in [2.05, 4.69) is 6.58 Å². The van der Waals surface area contributed by atoms with E-state index in [0.717, 1.165) is 0 Å². The van der Waals surface area contributed by atoms with Gasteiger partial charge in [0, 0.05) is 16.9 Å². The number of carbonyl (C=O) groups excluding carboxylic acids is 3. The lowest BCUT2D eigenvalue weighted by molar-refractivity contribution is -0.190. The van der Waals surface area contributed by atoms with Gasteiger partial charge in [-0.1, -0.05) is 27.4 Å². The molecule has 0 bridgehead atoms. The first-order valence-electron chi connectivity index (χ1n) is 8.55. The maximum absolute atomic E-state index is 12.7. The van der Waals surface area contributed by atoms with Crippen molar-refractivity contribution in [2.75, 3.05) is 0 Å². The number of aliphatic hydroxyl groups is 1. The van der Waals surface area contributed by atoms with Gasteiger partial charge in [-0.05, 0) is 25.5 Å². The molecule has 0 spiro atoms. The fourth-order valence-electron chi connectivity index (χ4n) is 4.52. The minimum atomic E-state index is -1.32. The summed E-state index contributed by atoms with van der Waals surface area (Å²) in [5.74, 6) is -2.65. The van der Waals surface area contributed by atoms with E-state index in [1.54, 1.807) is 27.7 Å². The first-order valence-corrected chi connectivity index (χ1v) is 8.55. The van der Waals surface area contributed by atoms with E-state index in [9.17, 15) is 19.5 Å². The molecule has 0 aromatic rings. The Hall–Kier alpha value is -1.95. The summed E-state index contributed by atoms with van der Waals surface area (Å²) in [5.41, 5.74) is -2.08. The molecule has 2 fully saturated rings. The number of esters is 2. The van der Waals surface area contributed by atoms with Gasteiger partial charge in [0.25, 0.3) is 0 Å². The molecule has 0 aromatic heterocycles. The van der Waals surface area contributed by atoms with Gasteiger partial charge in [0.1, 0.15) is 12.2 Å². The van der Waals surface area contributed by atoms with Crippen molar-refractivity contribution in [2.24, 2.45) is 23.2 Å². The lowest BCUT2D eigenvalue weighted by atomic mass is 9.53. The molecule has 6 nitrogen and oxygen atoms in total. The first-order chi connectivity index (χ1) is 11.5. The summed E-state index contributed by atoms with van der Waals surface area (Å²) < 4.78 is 11.1. The standard InChI is InChI=1S/C19H24O6/c1-9(2)16(21)24-11-8-18(4)12(20)6-7-19(5,23)15(18)14-13(11)10(3)17(22)25-14/h6-7,9,11,13-15,23H,3,8H2,1-2,4-5H3/t11-,13+,14-,15+,18-,19-/m0/s1. The Morgan fingerprint density at radius 3 is 2.64 bits per heavy atom. The minimum absolute atomic E-state index is 0.165. The van der Waals surface area contributed by atoms with Gasteiger partial charge in [-0.15, -0.1) is 0 Å². The highest BCUT2D eigenvalue weighted by Crippen LogP contribution is 2.56. The fraction of sp³-hybridized carbons (Fsp3) is 0.632. The molecule has 1 saturated heterocycles. The van der Waals surface area contributed by atoms with Crippen LogP contribution in [0.5, 0.6) is 0 Å². The maximum atomic E-state index is 12.7. The third-order valence-electron chi connectivity index (χ3n) is 5.81. The molecule has 0 radical (unpaired) electrons. The zero-order chi connectivity index (χ0) is 18.7. The van der Waals surface area contributed by atoms with Crippen LogP contribution in [0.2, 0.25) is 0 Å². The zero-order valence-corrected chi connectivity index (χ0v) is 14.9. The number of allylic oxidation sites excluding steroid dienone is 1. The maximum Gasteiger partial charge on any atom is 0.334 e. The molecule has 1 aliphatic heterocycles. The SMILES string of the molecule is C=C1C(=O)O[C@H]2[C@H]1[C@@H](OC(=O)C(C)C)C[C@@]1(C)C(=O)C=C[C@](C)(O)[C@H]21. The van der Waals surface area contributed by atoms with Crippen molar-refractivity contribution in [1.29, 1.82) is 0 Å². The van der Waals surface area contributed by atoms with Crippen molar-refractivity contribution in [2.45, 2.75) is 51.9 Å². The molecule has 136 valence electrons. The summed E-state index contributed by atoms with van der Waals surface area (Å²) in [5, 5.41) is 10.9. The van der Waals surface area contributed by atoms with Crippen molar-refractivity contribution < 1.29 is 29.0 Å². The van der Waals surface area contributed by atoms with Crippen LogP contribution in [0.3, 0.4) is 0 Å². The second-order valence-corrected chi connectivity index (χ2v) is 8.07. The average Bonchev–Trinajstić information content (AvgIpc) is 2.78. The Labute approximate surface area is 146 Å². The van der Waals surface area contributed by atoms with Crippen LogP contribution in [-0.2, 0) is 23.9 Å². The van der Waals surface area contributed by atoms with Crippen LogP contribution in [-0.4, -0.2) is 40.6 Å². The summed E-state index contributed by atoms with van der Waals surface area (Å²) >= 11 is 0. The van der Waals surface area contributed by atoms with Crippen molar-refractivity contribution in [3.05, 3.63) is 24.3 Å². The Morgan fingerprint density at radius 2 is 2.04 bits per heavy atom. The fourth-order valence-corrected chi connectivity index (χ4v) is 4.52. The van der Waals surface area contributed by atoms with Gasteiger partial charge in [0.05, 0.1) is 17.4 Å². The summed E-state index contributed by atoms with van der Waals surface area (Å²) in [6.45, 7) is 10.6. The normalized spacial score (nSPS) is 42.9. The second-order valence-electron chi connectivity index (χ2n) is 8.07. The smallest absolute Gasteiger partial charge is 0.334 e. The second kappa shape index (κ2) is 5.53. The molecule has 3 aliphatic rings. The van der Waals surface area contributed by atoms with Gasteiger partial charge in [-0.2, -0.15) is 0 Å². The minimum Gasteiger partial charge on any atom is -0.461 e. The molecule has 0 amide bonds. The Balaban J connectivity index is 2.06. The highest BCUT2D eigenvalue weighted by Gasteiger charge is 2.65. The van der Waals surface area contributed by atoms with Gasteiger partial charge >= 0.3 is 11.9 Å². The molecular weight excluding hydrogens is 324 g/mol. The molecule has 25 heavy (non-hydrogen) atoms. The lowest BCUT2D eigenvalue weighted by Gasteiger charge is -2.53. The van der Waals surface area contributed by atoms with E-state index in [4.69, 9.17) is 9.47 Å². The van der Waals surface area contributed by atoms with E-state index in [0.29, 0.717) is 0 Å². The predicted octanol–water partition coefficient (Wildman–Crippen LogP) is 1.57. The van der Waals surface area contributed by atoms with Crippen molar-refractivity contribution in [3.63, 3.8) is 0 Å². The molecule has 6 heteroatoms. The van der Waals surface area contributed by atoms with Crippen LogP contribution in [0.1, 0.15) is 34.1 Å². The van der Waals surface area contributed by atoms with Crippen molar-refractivity contribution >= 4 is 17.7 Å². The van der Waals surface area contributed by atoms with E-state index in [1.165, 1.54) is 12.2 Å². The molecule has 3 rings (SSSR count). The first kappa shape index (κ1) is 17.9. The van der Waals surface area contributed by atoms with Crippen molar-refractivity contribution in [3.8, 4) is 0 Å². The zero-order valence-electron chi connectivity index (χ0n) is 14.9. The number of rotatable bonds is 2. The van der Waals surface area contributed by atoms with Gasteiger partial charge in [0.15, 0.2) is 5.78 Å². The molecule has 1 saturated carbocycles. The topological polar surface area (TPSA) is 89.9 Å². The quantitative estimate of drug-likeness (QED) is 0.602. The number of hydrogen-bond acceptors (Lipinski definition) is 6. The molecule has 0 aromatic carbocycles. The Morgan fingerprint density at radius 1 is 1.40 bits per heavy atom. The third kappa shape index (κ3) is 2.54. The molecule has 1 N–H and O–H groups in total. The van der Waals surface area contributed by atoms with Crippen LogP contribution in [0.4, 0.5) is 0 Å². The number of fused-ring (bicyclic) bond motifs is 3. The summed E-state index contributed by atoms with van der Waals surface area (Å²) in [4.78, 5) is 36.9. The number of hydrogen-bond donors (Lipinski definition) is 1. The highest BCUT2D eigenvalue weighted by atomic mass is 16.6. The predicted molar refractivity (Wildman–Crippen MR) is 88.2 cm³/mol. The largest absolute Gasteiger partial charge is 0.461 e. The Kier molecular flexibility index (Phi) is 3.95. The van der Waals surface area contributed by atoms with E-state index in [-0.39, 0.29) is 23.7 Å². The van der Waals surface area contributed by atoms with Crippen molar-refractivity contribution in [1.82, 2.24) is 0 Å². The molecule has 0 unspecified atom stereocenters. The number of ketones is 1. The van der Waals surface area contributed by atoms with Crippen LogP contribution < -0.4 is 0 Å². The average molecular weight is 348 g/mol. The van der Waals surface area contributed by atoms with Crippen LogP contribution in [0.15, 0.2) is 24.3 Å². The molecule has 1 heterocycles. The summed E-state index contributed by atoms with van der Waals surface area (Å²) in [6, 6.07) is 0. The van der Waals surface area contributed by atoms with Crippen LogP contribution in [0.25, 0.3) is 0 Å². The van der Waals surface area contributed by atoms with Crippen LogP contribution >= 0.6 is 0 Å². The lowest BCUT2D eigenvalue weighted by Crippen LogP contribution is -2.62. The summed E-state index contributed by atoms with van der Waals surface area (Å²) in [6.07, 6.45) is 1.59. The number of carbonyl (C=O) groups is 3. The highest BCUT2D eigenvalue weighted by molar-refractivity contribution is 5.97. The van der Waals surface area contributed by atoms with Gasteiger partial charge in [-0.3, -0.25) is 9.59 Å². The monoisotopic (exact) mass is 348 g/mol. The molecular formula is C19H24O6. The third-order valence-corrected chi connectivity index (χ3v) is 5.81. The number of ether oxygens (including phenoxy) is 2. The van der Waals surface area contributed by atoms with E-state index in [1.807, 2.05) is 0 Å². The van der Waals surface area contributed by atoms with E-state index < -0.39 is 47.0 Å². The van der Waals surface area contributed by atoms with Crippen LogP contribution in [0, 0.1) is 23.2 Å². The van der Waals surface area contributed by atoms with Gasteiger partial charge in [0.2, 0.25) is 0 Å². The molecule has 2 aliphatic carbocycles. The molecule has 6 atom stereocenters. The summed E-state index contributed by atoms with van der Waals surface area (Å²) in [7, 11) is 0. The van der Waals surface area contributed by atoms with Gasteiger partial charge in [-0.25, -0.2) is 4.79 Å².